The van der Waals surface area contributed by atoms with Crippen LogP contribution in [0.5, 0.6) is 0 Å². The van der Waals surface area contributed by atoms with Gasteiger partial charge in [0.1, 0.15) is 8.07 Å². The quantitative estimate of drug-likeness (QED) is 0.608. The number of allylic oxidation sites excluding steroid dienone is 1. The largest absolute Gasteiger partial charge is 0.103 e. The Labute approximate surface area is 75.9 Å². The van der Waals surface area contributed by atoms with E-state index in [0.717, 1.165) is 0 Å². The van der Waals surface area contributed by atoms with Crippen molar-refractivity contribution >= 4 is 13.3 Å². The molecule has 0 aliphatic heterocycles. The van der Waals surface area contributed by atoms with Gasteiger partial charge in [0.05, 0.1) is 0 Å². The van der Waals surface area contributed by atoms with Crippen molar-refractivity contribution in [2.45, 2.75) is 20.0 Å². The van der Waals surface area contributed by atoms with E-state index < -0.39 is 8.07 Å². The predicted octanol–water partition coefficient (Wildman–Crippen LogP) is 2.72. The van der Waals surface area contributed by atoms with E-state index in [1.54, 1.807) is 0 Å². The van der Waals surface area contributed by atoms with Crippen molar-refractivity contribution in [3.05, 3.63) is 42.1 Å². The van der Waals surface area contributed by atoms with Gasteiger partial charge in [-0.25, -0.2) is 0 Å². The lowest BCUT2D eigenvalue weighted by atomic mass is 10.4. The van der Waals surface area contributed by atoms with Crippen molar-refractivity contribution in [1.29, 1.82) is 0 Å². The van der Waals surface area contributed by atoms with E-state index in [0.29, 0.717) is 0 Å². The van der Waals surface area contributed by atoms with Gasteiger partial charge in [-0.3, -0.25) is 0 Å². The molecule has 0 heterocycles. The van der Waals surface area contributed by atoms with Crippen LogP contribution in [0.2, 0.25) is 13.1 Å². The Hall–Kier alpha value is -0.823. The Bertz CT molecular complexity index is 260. The number of rotatable bonds is 2. The molecule has 0 aliphatic carbocycles. The lowest BCUT2D eigenvalue weighted by Gasteiger charge is -2.17. The van der Waals surface area contributed by atoms with Crippen LogP contribution >= 0.6 is 0 Å². The minimum Gasteiger partial charge on any atom is -0.0952 e. The molecule has 0 saturated heterocycles. The smallest absolute Gasteiger partial charge is 0.0952 e. The molecule has 0 unspecified atom stereocenters. The minimum absolute atomic E-state index is 1.26. The molecule has 12 heavy (non-hydrogen) atoms. The molecule has 1 aromatic carbocycles. The summed E-state index contributed by atoms with van der Waals surface area (Å²) in [5, 5.41) is 1.50. The Morgan fingerprint density at radius 2 is 1.67 bits per heavy atom. The molecule has 0 nitrogen and oxygen atoms in total. The summed E-state index contributed by atoms with van der Waals surface area (Å²) in [6, 6.07) is 10.8. The van der Waals surface area contributed by atoms with E-state index in [-0.39, 0.29) is 0 Å². The third kappa shape index (κ3) is 2.08. The van der Waals surface area contributed by atoms with Gasteiger partial charge in [-0.05, 0) is 6.92 Å². The first-order chi connectivity index (χ1) is 5.67. The Kier molecular flexibility index (Phi) is 2.87. The molecule has 1 aromatic rings. The molecule has 1 heteroatoms. The highest BCUT2D eigenvalue weighted by molar-refractivity contribution is 6.93. The van der Waals surface area contributed by atoms with Gasteiger partial charge in [0.15, 0.2) is 0 Å². The van der Waals surface area contributed by atoms with E-state index in [4.69, 9.17) is 0 Å². The van der Waals surface area contributed by atoms with E-state index in [1.165, 1.54) is 5.19 Å². The summed E-state index contributed by atoms with van der Waals surface area (Å²) in [4.78, 5) is 0. The maximum absolute atomic E-state index is 2.36. The third-order valence-corrected chi connectivity index (χ3v) is 5.09. The second-order valence-electron chi connectivity index (χ2n) is 3.59. The van der Waals surface area contributed by atoms with Gasteiger partial charge in [-0.1, -0.05) is 60.4 Å². The van der Waals surface area contributed by atoms with Crippen molar-refractivity contribution in [3.63, 3.8) is 0 Å². The van der Waals surface area contributed by atoms with Gasteiger partial charge in [0, 0.05) is 0 Å². The molecule has 0 N–H and O–H groups in total. The molecule has 64 valence electrons. The van der Waals surface area contributed by atoms with Crippen LogP contribution in [0.25, 0.3) is 0 Å². The first-order valence-electron chi connectivity index (χ1n) is 4.36. The molecule has 0 aliphatic rings. The van der Waals surface area contributed by atoms with Crippen LogP contribution in [0.1, 0.15) is 6.92 Å². The molecule has 0 saturated carbocycles. The zero-order valence-corrected chi connectivity index (χ0v) is 9.04. The average Bonchev–Trinajstić information content (AvgIpc) is 2.06. The standard InChI is InChI=1S/C11H16Si/c1-4-10-12(2,3)11-8-6-5-7-9-11/h4-10H,1-3H3/b10-4-. The van der Waals surface area contributed by atoms with Crippen LogP contribution in [0.15, 0.2) is 42.1 Å². The zero-order chi connectivity index (χ0) is 9.03. The maximum atomic E-state index is 2.36. The van der Waals surface area contributed by atoms with Crippen molar-refractivity contribution < 1.29 is 0 Å². The second-order valence-corrected chi connectivity index (χ2v) is 7.94. The Morgan fingerprint density at radius 3 is 2.17 bits per heavy atom. The van der Waals surface area contributed by atoms with Crippen molar-refractivity contribution in [1.82, 2.24) is 0 Å². The second kappa shape index (κ2) is 3.72. The van der Waals surface area contributed by atoms with Gasteiger partial charge in [-0.2, -0.15) is 0 Å². The predicted molar refractivity (Wildman–Crippen MR) is 58.4 cm³/mol. The van der Waals surface area contributed by atoms with E-state index in [2.05, 4.69) is 62.1 Å². The van der Waals surface area contributed by atoms with Gasteiger partial charge in [0.2, 0.25) is 0 Å². The van der Waals surface area contributed by atoms with E-state index in [9.17, 15) is 0 Å². The maximum Gasteiger partial charge on any atom is 0.103 e. The molecule has 0 aromatic heterocycles. The Balaban J connectivity index is 2.97. The lowest BCUT2D eigenvalue weighted by molar-refractivity contribution is 1.68. The summed E-state index contributed by atoms with van der Waals surface area (Å²) in [7, 11) is -1.26. The lowest BCUT2D eigenvalue weighted by Crippen LogP contribution is -2.39. The zero-order valence-electron chi connectivity index (χ0n) is 8.04. The van der Waals surface area contributed by atoms with Gasteiger partial charge < -0.3 is 0 Å². The van der Waals surface area contributed by atoms with E-state index >= 15 is 0 Å². The summed E-state index contributed by atoms with van der Waals surface area (Å²) < 4.78 is 0. The minimum atomic E-state index is -1.26. The third-order valence-electron chi connectivity index (χ3n) is 2.10. The number of hydrogen-bond acceptors (Lipinski definition) is 0. The van der Waals surface area contributed by atoms with Crippen molar-refractivity contribution in [2.24, 2.45) is 0 Å². The summed E-state index contributed by atoms with van der Waals surface area (Å²) in [5.41, 5.74) is 2.36. The SMILES string of the molecule is C/C=C\[Si](C)(C)c1ccccc1. The van der Waals surface area contributed by atoms with Gasteiger partial charge in [0.25, 0.3) is 0 Å². The molecule has 0 bridgehead atoms. The summed E-state index contributed by atoms with van der Waals surface area (Å²) in [6.45, 7) is 6.82. The van der Waals surface area contributed by atoms with Crippen LogP contribution in [0.3, 0.4) is 0 Å². The molecular formula is C11H16Si. The first-order valence-corrected chi connectivity index (χ1v) is 7.44. The van der Waals surface area contributed by atoms with Crippen LogP contribution in [0.4, 0.5) is 0 Å². The molecule has 0 atom stereocenters. The Morgan fingerprint density at radius 1 is 1.08 bits per heavy atom. The highest BCUT2D eigenvalue weighted by atomic mass is 28.3. The molecule has 1 rings (SSSR count). The fourth-order valence-electron chi connectivity index (χ4n) is 1.38. The number of hydrogen-bond donors (Lipinski definition) is 0. The fraction of sp³-hybridized carbons (Fsp3) is 0.273. The normalized spacial score (nSPS) is 12.2. The van der Waals surface area contributed by atoms with Crippen molar-refractivity contribution in [3.8, 4) is 0 Å². The van der Waals surface area contributed by atoms with E-state index in [1.807, 2.05) is 0 Å². The van der Waals surface area contributed by atoms with Crippen LogP contribution in [-0.2, 0) is 0 Å². The van der Waals surface area contributed by atoms with Gasteiger partial charge in [-0.15, -0.1) is 0 Å². The first kappa shape index (κ1) is 9.27. The summed E-state index contributed by atoms with van der Waals surface area (Å²) in [6.07, 6.45) is 2.17. The number of benzene rings is 1. The summed E-state index contributed by atoms with van der Waals surface area (Å²) in [5.74, 6) is 0. The molecule has 0 radical (unpaired) electrons. The molecule has 0 fully saturated rings. The summed E-state index contributed by atoms with van der Waals surface area (Å²) >= 11 is 0. The van der Waals surface area contributed by atoms with Crippen LogP contribution < -0.4 is 5.19 Å². The van der Waals surface area contributed by atoms with Crippen LogP contribution in [0, 0.1) is 0 Å². The van der Waals surface area contributed by atoms with Crippen molar-refractivity contribution in [2.75, 3.05) is 0 Å². The monoisotopic (exact) mass is 176 g/mol. The average molecular weight is 176 g/mol. The topological polar surface area (TPSA) is 0 Å². The van der Waals surface area contributed by atoms with Gasteiger partial charge >= 0.3 is 0 Å². The molecular weight excluding hydrogens is 160 g/mol. The van der Waals surface area contributed by atoms with Crippen LogP contribution in [-0.4, -0.2) is 8.07 Å². The molecule has 0 amide bonds. The highest BCUT2D eigenvalue weighted by Crippen LogP contribution is 2.04. The highest BCUT2D eigenvalue weighted by Gasteiger charge is 2.18. The fourth-order valence-corrected chi connectivity index (χ4v) is 3.46. The molecule has 0 spiro atoms.